The van der Waals surface area contributed by atoms with E-state index in [4.69, 9.17) is 9.11 Å². The second-order valence-corrected chi connectivity index (χ2v) is 9.09. The summed E-state index contributed by atoms with van der Waals surface area (Å²) in [5.74, 6) is -0.317. The fraction of sp³-hybridized carbons (Fsp3) is 0.538. The van der Waals surface area contributed by atoms with E-state index in [0.29, 0.717) is 13.1 Å². The van der Waals surface area contributed by atoms with Crippen LogP contribution in [0.4, 0.5) is 5.69 Å². The number of fused-ring (bicyclic) bond motifs is 1. The van der Waals surface area contributed by atoms with Crippen molar-refractivity contribution in [3.05, 3.63) is 23.8 Å². The maximum atomic E-state index is 11.3. The van der Waals surface area contributed by atoms with Crippen molar-refractivity contribution < 1.29 is 25.9 Å². The Balaban J connectivity index is 2.28. The summed E-state index contributed by atoms with van der Waals surface area (Å²) in [5, 5.41) is 0. The van der Waals surface area contributed by atoms with Crippen LogP contribution in [0.15, 0.2) is 23.1 Å². The fourth-order valence-electron chi connectivity index (χ4n) is 2.78. The van der Waals surface area contributed by atoms with E-state index in [-0.39, 0.29) is 22.5 Å². The van der Waals surface area contributed by atoms with Crippen LogP contribution in [-0.4, -0.2) is 44.8 Å². The number of hydrogen-bond donors (Lipinski definition) is 2. The highest BCUT2D eigenvalue weighted by Crippen LogP contribution is 2.41. The van der Waals surface area contributed by atoms with Gasteiger partial charge in [0.1, 0.15) is 0 Å². The molecular weight excluding hydrogens is 330 g/mol. The number of hydrogen-bond acceptors (Lipinski definition) is 5. The highest BCUT2D eigenvalue weighted by atomic mass is 32.2. The number of nitrogens with zero attached hydrogens (tertiary/aromatic N) is 1. The van der Waals surface area contributed by atoms with E-state index in [1.54, 1.807) is 6.07 Å². The van der Waals surface area contributed by atoms with Gasteiger partial charge in [0, 0.05) is 24.2 Å². The van der Waals surface area contributed by atoms with E-state index < -0.39 is 20.2 Å². The molecule has 0 bridgehead atoms. The molecule has 0 atom stereocenters. The molecule has 0 saturated carbocycles. The van der Waals surface area contributed by atoms with Crippen LogP contribution in [0.25, 0.3) is 0 Å². The summed E-state index contributed by atoms with van der Waals surface area (Å²) < 4.78 is 62.0. The average molecular weight is 349 g/mol. The van der Waals surface area contributed by atoms with Crippen LogP contribution in [0, 0.1) is 0 Å². The zero-order valence-electron chi connectivity index (χ0n) is 12.4. The largest absolute Gasteiger partial charge is 0.370 e. The van der Waals surface area contributed by atoms with Crippen molar-refractivity contribution in [2.24, 2.45) is 0 Å². The van der Waals surface area contributed by atoms with Gasteiger partial charge in [0.05, 0.1) is 10.6 Å². The van der Waals surface area contributed by atoms with Crippen LogP contribution < -0.4 is 4.90 Å². The van der Waals surface area contributed by atoms with Gasteiger partial charge >= 0.3 is 0 Å². The van der Waals surface area contributed by atoms with Crippen LogP contribution in [0.1, 0.15) is 25.8 Å². The fourth-order valence-corrected chi connectivity index (χ4v) is 3.78. The molecule has 0 radical (unpaired) electrons. The Morgan fingerprint density at radius 3 is 2.36 bits per heavy atom. The molecule has 0 aromatic heterocycles. The van der Waals surface area contributed by atoms with Gasteiger partial charge in [-0.25, -0.2) is 0 Å². The van der Waals surface area contributed by atoms with E-state index in [9.17, 15) is 16.8 Å². The van der Waals surface area contributed by atoms with Gasteiger partial charge in [-0.3, -0.25) is 9.11 Å². The van der Waals surface area contributed by atoms with Crippen LogP contribution in [-0.2, 0) is 25.7 Å². The molecule has 0 fully saturated rings. The molecule has 7 nitrogen and oxygen atoms in total. The Morgan fingerprint density at radius 2 is 1.82 bits per heavy atom. The van der Waals surface area contributed by atoms with Gasteiger partial charge in [0.25, 0.3) is 20.2 Å². The van der Waals surface area contributed by atoms with Crippen molar-refractivity contribution in [1.82, 2.24) is 0 Å². The molecule has 2 N–H and O–H groups in total. The summed E-state index contributed by atoms with van der Waals surface area (Å²) in [5.41, 5.74) is 1.27. The first-order valence-corrected chi connectivity index (χ1v) is 9.77. The Hall–Kier alpha value is -1.16. The molecule has 1 heterocycles. The minimum atomic E-state index is -4.26. The number of anilines is 1. The lowest BCUT2D eigenvalue weighted by Crippen LogP contribution is -2.30. The van der Waals surface area contributed by atoms with E-state index in [1.165, 1.54) is 12.1 Å². The van der Waals surface area contributed by atoms with Crippen molar-refractivity contribution in [3.63, 3.8) is 0 Å². The van der Waals surface area contributed by atoms with Crippen LogP contribution in [0.5, 0.6) is 0 Å². The van der Waals surface area contributed by atoms with Gasteiger partial charge in [-0.1, -0.05) is 13.8 Å². The highest BCUT2D eigenvalue weighted by molar-refractivity contribution is 7.86. The Labute approximate surface area is 130 Å². The smallest absolute Gasteiger partial charge is 0.294 e. The molecule has 2 rings (SSSR count). The van der Waals surface area contributed by atoms with Gasteiger partial charge in [0.2, 0.25) is 0 Å². The topological polar surface area (TPSA) is 112 Å². The predicted molar refractivity (Wildman–Crippen MR) is 82.5 cm³/mol. The molecule has 1 aromatic carbocycles. The minimum absolute atomic E-state index is 0.154. The maximum Gasteiger partial charge on any atom is 0.294 e. The lowest BCUT2D eigenvalue weighted by molar-refractivity contribution is 0.479. The molecule has 0 amide bonds. The summed E-state index contributed by atoms with van der Waals surface area (Å²) >= 11 is 0. The molecule has 0 unspecified atom stereocenters. The standard InChI is InChI=1S/C13H19NO6S2/c1-13(2)9-14(6-3-7-21(15,16)17)12-5-4-10(8-11(12)13)22(18,19)20/h4-5,8H,3,6-7,9H2,1-2H3,(H,15,16,17)(H,18,19,20). The molecular formula is C13H19NO6S2. The van der Waals surface area contributed by atoms with Crippen molar-refractivity contribution in [1.29, 1.82) is 0 Å². The second-order valence-electron chi connectivity index (χ2n) is 6.10. The van der Waals surface area contributed by atoms with Gasteiger partial charge in [-0.05, 0) is 30.2 Å². The maximum absolute atomic E-state index is 11.3. The zero-order chi connectivity index (χ0) is 16.8. The number of benzene rings is 1. The van der Waals surface area contributed by atoms with E-state index in [1.807, 2.05) is 18.7 Å². The molecule has 22 heavy (non-hydrogen) atoms. The zero-order valence-corrected chi connectivity index (χ0v) is 14.0. The average Bonchev–Trinajstić information content (AvgIpc) is 2.58. The van der Waals surface area contributed by atoms with Crippen molar-refractivity contribution in [2.45, 2.75) is 30.6 Å². The normalized spacial score (nSPS) is 17.5. The molecule has 0 spiro atoms. The quantitative estimate of drug-likeness (QED) is 0.771. The van der Waals surface area contributed by atoms with Crippen LogP contribution >= 0.6 is 0 Å². The SMILES string of the molecule is CC1(C)CN(CCCS(=O)(=O)O)c2ccc(S(=O)(=O)O)cc21. The highest BCUT2D eigenvalue weighted by Gasteiger charge is 2.35. The Morgan fingerprint density at radius 1 is 1.18 bits per heavy atom. The van der Waals surface area contributed by atoms with E-state index in [2.05, 4.69) is 0 Å². The monoisotopic (exact) mass is 349 g/mol. The Bertz CT molecular complexity index is 783. The minimum Gasteiger partial charge on any atom is -0.370 e. The van der Waals surface area contributed by atoms with Crippen LogP contribution in [0.3, 0.4) is 0 Å². The van der Waals surface area contributed by atoms with Crippen molar-refractivity contribution >= 4 is 25.9 Å². The second kappa shape index (κ2) is 5.48. The molecule has 0 saturated heterocycles. The molecule has 1 aliphatic heterocycles. The third-order valence-electron chi connectivity index (χ3n) is 3.75. The summed E-state index contributed by atoms with van der Waals surface area (Å²) in [6.07, 6.45) is 0.272. The summed E-state index contributed by atoms with van der Waals surface area (Å²) in [7, 11) is -8.25. The third kappa shape index (κ3) is 3.78. The van der Waals surface area contributed by atoms with E-state index >= 15 is 0 Å². The van der Waals surface area contributed by atoms with Gasteiger partial charge in [-0.2, -0.15) is 16.8 Å². The molecule has 0 aliphatic carbocycles. The predicted octanol–water partition coefficient (Wildman–Crippen LogP) is 1.31. The van der Waals surface area contributed by atoms with Gasteiger partial charge < -0.3 is 4.90 Å². The lowest BCUT2D eigenvalue weighted by atomic mass is 9.87. The first kappa shape index (κ1) is 17.2. The third-order valence-corrected chi connectivity index (χ3v) is 5.41. The van der Waals surface area contributed by atoms with Crippen LogP contribution in [0.2, 0.25) is 0 Å². The van der Waals surface area contributed by atoms with Gasteiger partial charge in [-0.15, -0.1) is 0 Å². The summed E-state index contributed by atoms with van der Waals surface area (Å²) in [6.45, 7) is 4.93. The first-order valence-electron chi connectivity index (χ1n) is 6.72. The molecule has 1 aromatic rings. The number of rotatable bonds is 5. The lowest BCUT2D eigenvalue weighted by Gasteiger charge is -2.22. The molecule has 9 heteroatoms. The Kier molecular flexibility index (Phi) is 4.29. The van der Waals surface area contributed by atoms with Crippen molar-refractivity contribution in [3.8, 4) is 0 Å². The van der Waals surface area contributed by atoms with Crippen molar-refractivity contribution in [2.75, 3.05) is 23.7 Å². The first-order chi connectivity index (χ1) is 9.90. The summed E-state index contributed by atoms with van der Waals surface area (Å²) in [6, 6.07) is 4.39. The summed E-state index contributed by atoms with van der Waals surface area (Å²) in [4.78, 5) is 1.80. The molecule has 124 valence electrons. The van der Waals surface area contributed by atoms with E-state index in [0.717, 1.165) is 11.3 Å². The molecule has 1 aliphatic rings. The van der Waals surface area contributed by atoms with Gasteiger partial charge in [0.15, 0.2) is 0 Å².